The van der Waals surface area contributed by atoms with Crippen LogP contribution in [-0.4, -0.2) is 19.6 Å². The number of aromatic amines is 1. The van der Waals surface area contributed by atoms with E-state index in [4.69, 9.17) is 0 Å². The number of azo groups is 1. The minimum absolute atomic E-state index is 0.0730. The molecule has 25 heavy (non-hydrogen) atoms. The molecular weight excluding hydrogens is 318 g/mol. The van der Waals surface area contributed by atoms with Gasteiger partial charge in [0.2, 0.25) is 5.88 Å². The summed E-state index contributed by atoms with van der Waals surface area (Å²) in [7, 11) is 0. The first-order chi connectivity index (χ1) is 12.2. The lowest BCUT2D eigenvalue weighted by molar-refractivity contribution is 0.459. The van der Waals surface area contributed by atoms with E-state index in [0.717, 1.165) is 10.9 Å². The maximum absolute atomic E-state index is 12.6. The molecule has 7 nitrogen and oxygen atoms in total. The van der Waals surface area contributed by atoms with Crippen molar-refractivity contribution >= 4 is 33.4 Å². The minimum Gasteiger partial charge on any atom is -0.493 e. The number of para-hydroxylation sites is 2. The van der Waals surface area contributed by atoms with E-state index in [0.29, 0.717) is 23.1 Å². The highest BCUT2D eigenvalue weighted by atomic mass is 16.3. The largest absolute Gasteiger partial charge is 0.493 e. The van der Waals surface area contributed by atoms with Crippen LogP contribution in [0.3, 0.4) is 0 Å². The Hall–Kier alpha value is -3.48. The minimum atomic E-state index is -0.162. The number of rotatable bonds is 3. The van der Waals surface area contributed by atoms with E-state index < -0.39 is 0 Å². The van der Waals surface area contributed by atoms with Crippen molar-refractivity contribution in [1.29, 1.82) is 0 Å². The Morgan fingerprint density at radius 1 is 1.08 bits per heavy atom. The molecule has 2 heterocycles. The second kappa shape index (κ2) is 5.86. The van der Waals surface area contributed by atoms with E-state index >= 15 is 0 Å². The zero-order valence-corrected chi connectivity index (χ0v) is 13.5. The van der Waals surface area contributed by atoms with Gasteiger partial charge in [-0.1, -0.05) is 30.3 Å². The monoisotopic (exact) mass is 333 g/mol. The van der Waals surface area contributed by atoms with Crippen LogP contribution in [0.25, 0.3) is 21.8 Å². The molecule has 2 aromatic heterocycles. The molecule has 0 saturated carbocycles. The molecule has 0 aliphatic carbocycles. The SMILES string of the molecule is CCn1c(N=Nc2c(O)[nH]c3ccccc23)nc2ccccc2c1=O. The lowest BCUT2D eigenvalue weighted by atomic mass is 10.2. The van der Waals surface area contributed by atoms with Crippen LogP contribution in [-0.2, 0) is 6.54 Å². The number of benzene rings is 2. The molecule has 4 aromatic rings. The van der Waals surface area contributed by atoms with Crippen molar-refractivity contribution in [2.24, 2.45) is 10.2 Å². The predicted molar refractivity (Wildman–Crippen MR) is 95.8 cm³/mol. The summed E-state index contributed by atoms with van der Waals surface area (Å²) in [5.74, 6) is 0.131. The van der Waals surface area contributed by atoms with E-state index in [-0.39, 0.29) is 17.4 Å². The van der Waals surface area contributed by atoms with Gasteiger partial charge in [-0.05, 0) is 25.1 Å². The zero-order valence-electron chi connectivity index (χ0n) is 13.5. The fraction of sp³-hybridized carbons (Fsp3) is 0.111. The van der Waals surface area contributed by atoms with Gasteiger partial charge in [-0.2, -0.15) is 0 Å². The normalized spacial score (nSPS) is 11.7. The number of nitrogens with one attached hydrogen (secondary N) is 1. The van der Waals surface area contributed by atoms with Crippen molar-refractivity contribution in [3.8, 4) is 5.88 Å². The number of hydrogen-bond acceptors (Lipinski definition) is 5. The first kappa shape index (κ1) is 15.1. The fourth-order valence-electron chi connectivity index (χ4n) is 2.83. The zero-order chi connectivity index (χ0) is 17.4. The van der Waals surface area contributed by atoms with Gasteiger partial charge < -0.3 is 10.1 Å². The van der Waals surface area contributed by atoms with Gasteiger partial charge in [-0.15, -0.1) is 10.2 Å². The number of fused-ring (bicyclic) bond motifs is 2. The Labute approximate surface area is 142 Å². The molecule has 0 aliphatic rings. The fourth-order valence-corrected chi connectivity index (χ4v) is 2.83. The Bertz CT molecular complexity index is 1170. The molecule has 2 N–H and O–H groups in total. The van der Waals surface area contributed by atoms with Crippen LogP contribution in [0.5, 0.6) is 5.88 Å². The van der Waals surface area contributed by atoms with Crippen molar-refractivity contribution < 1.29 is 5.11 Å². The maximum atomic E-state index is 12.6. The summed E-state index contributed by atoms with van der Waals surface area (Å²) in [6.45, 7) is 2.27. The molecule has 0 aliphatic heterocycles. The van der Waals surface area contributed by atoms with Crippen LogP contribution in [0.4, 0.5) is 11.6 Å². The predicted octanol–water partition coefficient (Wildman–Crippen LogP) is 4.02. The number of nitrogens with zero attached hydrogens (tertiary/aromatic N) is 4. The Morgan fingerprint density at radius 3 is 2.60 bits per heavy atom. The molecule has 4 rings (SSSR count). The second-order valence-electron chi connectivity index (χ2n) is 5.55. The average Bonchev–Trinajstić information content (AvgIpc) is 2.95. The van der Waals surface area contributed by atoms with Gasteiger partial charge in [0.1, 0.15) is 0 Å². The van der Waals surface area contributed by atoms with Gasteiger partial charge in [0.25, 0.3) is 11.5 Å². The molecule has 0 spiro atoms. The van der Waals surface area contributed by atoms with Gasteiger partial charge in [0.05, 0.1) is 16.4 Å². The highest BCUT2D eigenvalue weighted by Gasteiger charge is 2.12. The highest BCUT2D eigenvalue weighted by molar-refractivity contribution is 5.94. The van der Waals surface area contributed by atoms with Crippen LogP contribution in [0.15, 0.2) is 63.6 Å². The average molecular weight is 333 g/mol. The van der Waals surface area contributed by atoms with E-state index in [1.54, 1.807) is 18.2 Å². The molecule has 0 bridgehead atoms. The van der Waals surface area contributed by atoms with Crippen molar-refractivity contribution in [1.82, 2.24) is 14.5 Å². The molecule has 0 fully saturated rings. The van der Waals surface area contributed by atoms with Gasteiger partial charge in [0.15, 0.2) is 5.69 Å². The van der Waals surface area contributed by atoms with E-state index in [1.807, 2.05) is 37.3 Å². The molecule has 124 valence electrons. The lowest BCUT2D eigenvalue weighted by Crippen LogP contribution is -2.20. The van der Waals surface area contributed by atoms with E-state index in [9.17, 15) is 9.90 Å². The van der Waals surface area contributed by atoms with Crippen molar-refractivity contribution in [2.45, 2.75) is 13.5 Å². The van der Waals surface area contributed by atoms with E-state index in [1.165, 1.54) is 4.57 Å². The quantitative estimate of drug-likeness (QED) is 0.554. The second-order valence-corrected chi connectivity index (χ2v) is 5.55. The number of hydrogen-bond donors (Lipinski definition) is 2. The van der Waals surface area contributed by atoms with Gasteiger partial charge in [-0.25, -0.2) is 4.98 Å². The van der Waals surface area contributed by atoms with E-state index in [2.05, 4.69) is 20.2 Å². The van der Waals surface area contributed by atoms with Crippen LogP contribution >= 0.6 is 0 Å². The molecule has 0 radical (unpaired) electrons. The number of aromatic nitrogens is 3. The van der Waals surface area contributed by atoms with Gasteiger partial charge in [-0.3, -0.25) is 9.36 Å². The summed E-state index contributed by atoms with van der Waals surface area (Å²) in [4.78, 5) is 19.9. The van der Waals surface area contributed by atoms with Crippen molar-refractivity contribution in [2.75, 3.05) is 0 Å². The van der Waals surface area contributed by atoms with Gasteiger partial charge in [0, 0.05) is 11.9 Å². The third kappa shape index (κ3) is 2.46. The Morgan fingerprint density at radius 2 is 1.80 bits per heavy atom. The molecular formula is C18H15N5O2. The number of aromatic hydroxyl groups is 1. The molecule has 0 unspecified atom stereocenters. The smallest absolute Gasteiger partial charge is 0.262 e. The third-order valence-electron chi connectivity index (χ3n) is 4.06. The Balaban J connectivity index is 1.89. The summed E-state index contributed by atoms with van der Waals surface area (Å²) >= 11 is 0. The first-order valence-corrected chi connectivity index (χ1v) is 7.90. The van der Waals surface area contributed by atoms with Gasteiger partial charge >= 0.3 is 0 Å². The van der Waals surface area contributed by atoms with Crippen LogP contribution in [0.2, 0.25) is 0 Å². The van der Waals surface area contributed by atoms with Crippen LogP contribution < -0.4 is 5.56 Å². The molecule has 2 aromatic carbocycles. The van der Waals surface area contributed by atoms with Crippen LogP contribution in [0, 0.1) is 0 Å². The molecule has 0 amide bonds. The summed E-state index contributed by atoms with van der Waals surface area (Å²) in [6, 6.07) is 14.5. The third-order valence-corrected chi connectivity index (χ3v) is 4.06. The van der Waals surface area contributed by atoms with Crippen molar-refractivity contribution in [3.05, 3.63) is 58.9 Å². The lowest BCUT2D eigenvalue weighted by Gasteiger charge is -2.06. The Kier molecular flexibility index (Phi) is 3.53. The maximum Gasteiger partial charge on any atom is 0.262 e. The topological polar surface area (TPSA) is 95.6 Å². The van der Waals surface area contributed by atoms with Crippen molar-refractivity contribution in [3.63, 3.8) is 0 Å². The highest BCUT2D eigenvalue weighted by Crippen LogP contribution is 2.35. The number of H-pyrrole nitrogens is 1. The standard InChI is InChI=1S/C18H15N5O2/c1-2-23-17(25)12-8-4-6-10-14(12)20-18(23)22-21-15-11-7-3-5-9-13(11)19-16(15)24/h3-10,19,24H,2H2,1H3. The summed E-state index contributed by atoms with van der Waals surface area (Å²) in [5.41, 5.74) is 1.48. The van der Waals surface area contributed by atoms with Crippen LogP contribution in [0.1, 0.15) is 6.92 Å². The molecule has 0 saturated heterocycles. The summed E-state index contributed by atoms with van der Waals surface area (Å²) in [6.07, 6.45) is 0. The first-order valence-electron chi connectivity index (χ1n) is 7.90. The summed E-state index contributed by atoms with van der Waals surface area (Å²) < 4.78 is 1.46. The summed E-state index contributed by atoms with van der Waals surface area (Å²) in [5, 5.41) is 19.6. The molecule has 7 heteroatoms. The molecule has 0 atom stereocenters.